The van der Waals surface area contributed by atoms with Gasteiger partial charge in [-0.15, -0.1) is 0 Å². The lowest BCUT2D eigenvalue weighted by Crippen LogP contribution is -2.23. The SMILES string of the molecule is O=C(/C=C/c1ccccc1F)NCCSCc1ccccc1. The van der Waals surface area contributed by atoms with Gasteiger partial charge in [-0.3, -0.25) is 4.79 Å². The number of nitrogens with one attached hydrogen (secondary N) is 1. The Labute approximate surface area is 134 Å². The van der Waals surface area contributed by atoms with Crippen LogP contribution >= 0.6 is 11.8 Å². The maximum absolute atomic E-state index is 13.4. The minimum absolute atomic E-state index is 0.205. The average molecular weight is 315 g/mol. The molecule has 0 spiro atoms. The molecule has 0 heterocycles. The number of amides is 1. The van der Waals surface area contributed by atoms with Gasteiger partial charge in [-0.2, -0.15) is 11.8 Å². The number of hydrogen-bond donors (Lipinski definition) is 1. The van der Waals surface area contributed by atoms with E-state index in [1.807, 2.05) is 18.2 Å². The van der Waals surface area contributed by atoms with Crippen molar-refractivity contribution in [3.05, 3.63) is 77.6 Å². The van der Waals surface area contributed by atoms with Crippen molar-refractivity contribution < 1.29 is 9.18 Å². The summed E-state index contributed by atoms with van der Waals surface area (Å²) in [5, 5.41) is 2.79. The molecule has 0 aromatic heterocycles. The zero-order chi connectivity index (χ0) is 15.6. The van der Waals surface area contributed by atoms with Crippen LogP contribution in [0.1, 0.15) is 11.1 Å². The molecule has 1 amide bonds. The van der Waals surface area contributed by atoms with Crippen molar-refractivity contribution in [1.82, 2.24) is 5.32 Å². The monoisotopic (exact) mass is 315 g/mol. The number of hydrogen-bond acceptors (Lipinski definition) is 2. The lowest BCUT2D eigenvalue weighted by atomic mass is 10.2. The molecule has 0 bridgehead atoms. The lowest BCUT2D eigenvalue weighted by molar-refractivity contribution is -0.116. The fourth-order valence-electron chi connectivity index (χ4n) is 1.85. The topological polar surface area (TPSA) is 29.1 Å². The summed E-state index contributed by atoms with van der Waals surface area (Å²) >= 11 is 1.77. The van der Waals surface area contributed by atoms with Crippen molar-refractivity contribution in [2.24, 2.45) is 0 Å². The minimum Gasteiger partial charge on any atom is -0.352 e. The number of rotatable bonds is 7. The fourth-order valence-corrected chi connectivity index (χ4v) is 2.66. The van der Waals surface area contributed by atoms with E-state index in [0.717, 1.165) is 11.5 Å². The summed E-state index contributed by atoms with van der Waals surface area (Å²) in [7, 11) is 0. The first-order valence-electron chi connectivity index (χ1n) is 7.08. The third-order valence-corrected chi connectivity index (χ3v) is 4.01. The molecule has 0 fully saturated rings. The first-order chi connectivity index (χ1) is 10.8. The van der Waals surface area contributed by atoms with Crippen LogP contribution in [0, 0.1) is 5.82 Å². The first kappa shape index (κ1) is 16.3. The van der Waals surface area contributed by atoms with E-state index in [4.69, 9.17) is 0 Å². The van der Waals surface area contributed by atoms with Crippen LogP contribution in [-0.4, -0.2) is 18.2 Å². The highest BCUT2D eigenvalue weighted by Gasteiger charge is 1.98. The van der Waals surface area contributed by atoms with Crippen LogP contribution in [0.5, 0.6) is 0 Å². The van der Waals surface area contributed by atoms with Gasteiger partial charge in [0.15, 0.2) is 0 Å². The first-order valence-corrected chi connectivity index (χ1v) is 8.23. The van der Waals surface area contributed by atoms with Crippen molar-refractivity contribution in [3.8, 4) is 0 Å². The highest BCUT2D eigenvalue weighted by molar-refractivity contribution is 7.98. The highest BCUT2D eigenvalue weighted by Crippen LogP contribution is 2.10. The van der Waals surface area contributed by atoms with Crippen molar-refractivity contribution >= 4 is 23.7 Å². The van der Waals surface area contributed by atoms with Gasteiger partial charge in [0.1, 0.15) is 5.82 Å². The second kappa shape index (κ2) is 9.05. The molecule has 0 saturated heterocycles. The standard InChI is InChI=1S/C18H18FNOS/c19-17-9-5-4-8-16(17)10-11-18(21)20-12-13-22-14-15-6-2-1-3-7-15/h1-11H,12-14H2,(H,20,21)/b11-10+. The molecule has 0 saturated carbocycles. The Hall–Kier alpha value is -2.07. The van der Waals surface area contributed by atoms with E-state index >= 15 is 0 Å². The van der Waals surface area contributed by atoms with E-state index in [9.17, 15) is 9.18 Å². The van der Waals surface area contributed by atoms with Crippen molar-refractivity contribution in [1.29, 1.82) is 0 Å². The number of halogens is 1. The van der Waals surface area contributed by atoms with E-state index in [-0.39, 0.29) is 11.7 Å². The molecule has 0 aliphatic heterocycles. The van der Waals surface area contributed by atoms with E-state index < -0.39 is 0 Å². The molecule has 0 unspecified atom stereocenters. The Kier molecular flexibility index (Phi) is 6.71. The van der Waals surface area contributed by atoms with Crippen LogP contribution < -0.4 is 5.32 Å². The molecule has 22 heavy (non-hydrogen) atoms. The van der Waals surface area contributed by atoms with Crippen LogP contribution in [0.25, 0.3) is 6.08 Å². The summed E-state index contributed by atoms with van der Waals surface area (Å²) < 4.78 is 13.4. The molecule has 0 aliphatic carbocycles. The van der Waals surface area contributed by atoms with E-state index in [1.165, 1.54) is 23.8 Å². The van der Waals surface area contributed by atoms with Gasteiger partial charge in [0.05, 0.1) is 0 Å². The Balaban J connectivity index is 1.65. The molecule has 2 nitrogen and oxygen atoms in total. The number of carbonyl (C=O) groups is 1. The third-order valence-electron chi connectivity index (χ3n) is 2.98. The van der Waals surface area contributed by atoms with E-state index in [0.29, 0.717) is 12.1 Å². The molecule has 4 heteroatoms. The fraction of sp³-hybridized carbons (Fsp3) is 0.167. The molecule has 0 atom stereocenters. The molecular weight excluding hydrogens is 297 g/mol. The summed E-state index contributed by atoms with van der Waals surface area (Å²) in [6.07, 6.45) is 2.85. The Bertz CT molecular complexity index is 628. The summed E-state index contributed by atoms with van der Waals surface area (Å²) in [6, 6.07) is 16.6. The average Bonchev–Trinajstić information content (AvgIpc) is 2.55. The predicted molar refractivity (Wildman–Crippen MR) is 91.0 cm³/mol. The van der Waals surface area contributed by atoms with E-state index in [2.05, 4.69) is 17.4 Å². The van der Waals surface area contributed by atoms with Crippen LogP contribution in [0.15, 0.2) is 60.7 Å². The number of carbonyl (C=O) groups excluding carboxylic acids is 1. The Morgan fingerprint density at radius 2 is 1.82 bits per heavy atom. The van der Waals surface area contributed by atoms with Gasteiger partial charge in [0.25, 0.3) is 0 Å². The lowest BCUT2D eigenvalue weighted by Gasteiger charge is -2.03. The molecule has 0 radical (unpaired) electrons. The summed E-state index contributed by atoms with van der Waals surface area (Å²) in [5.41, 5.74) is 1.69. The summed E-state index contributed by atoms with van der Waals surface area (Å²) in [6.45, 7) is 0.595. The van der Waals surface area contributed by atoms with Crippen molar-refractivity contribution in [2.75, 3.05) is 12.3 Å². The summed E-state index contributed by atoms with van der Waals surface area (Å²) in [4.78, 5) is 11.6. The number of benzene rings is 2. The molecule has 2 aromatic rings. The second-order valence-corrected chi connectivity index (χ2v) is 5.79. The normalized spacial score (nSPS) is 10.8. The van der Waals surface area contributed by atoms with Gasteiger partial charge < -0.3 is 5.32 Å². The zero-order valence-electron chi connectivity index (χ0n) is 12.2. The van der Waals surface area contributed by atoms with Gasteiger partial charge in [-0.25, -0.2) is 4.39 Å². The minimum atomic E-state index is -0.329. The van der Waals surface area contributed by atoms with Crippen molar-refractivity contribution in [2.45, 2.75) is 5.75 Å². The second-order valence-electron chi connectivity index (χ2n) is 4.68. The van der Waals surface area contributed by atoms with Crippen LogP contribution in [0.2, 0.25) is 0 Å². The molecular formula is C18H18FNOS. The van der Waals surface area contributed by atoms with Crippen LogP contribution in [0.4, 0.5) is 4.39 Å². The molecule has 2 aromatic carbocycles. The van der Waals surface area contributed by atoms with E-state index in [1.54, 1.807) is 30.0 Å². The Morgan fingerprint density at radius 1 is 1.09 bits per heavy atom. The van der Waals surface area contributed by atoms with Crippen LogP contribution in [0.3, 0.4) is 0 Å². The molecule has 0 aliphatic rings. The zero-order valence-corrected chi connectivity index (χ0v) is 13.0. The van der Waals surface area contributed by atoms with Gasteiger partial charge in [-0.1, -0.05) is 48.5 Å². The molecule has 1 N–H and O–H groups in total. The number of thioether (sulfide) groups is 1. The highest BCUT2D eigenvalue weighted by atomic mass is 32.2. The van der Waals surface area contributed by atoms with Gasteiger partial charge in [-0.05, 0) is 17.7 Å². The smallest absolute Gasteiger partial charge is 0.244 e. The summed E-state index contributed by atoms with van der Waals surface area (Å²) in [5.74, 6) is 1.24. The van der Waals surface area contributed by atoms with Gasteiger partial charge >= 0.3 is 0 Å². The quantitative estimate of drug-likeness (QED) is 0.620. The maximum Gasteiger partial charge on any atom is 0.244 e. The van der Waals surface area contributed by atoms with Crippen molar-refractivity contribution in [3.63, 3.8) is 0 Å². The molecule has 114 valence electrons. The largest absolute Gasteiger partial charge is 0.352 e. The van der Waals surface area contributed by atoms with Gasteiger partial charge in [0, 0.05) is 29.7 Å². The maximum atomic E-state index is 13.4. The van der Waals surface area contributed by atoms with Crippen LogP contribution in [-0.2, 0) is 10.5 Å². The third kappa shape index (κ3) is 5.74. The predicted octanol–water partition coefficient (Wildman–Crippen LogP) is 3.89. The Morgan fingerprint density at radius 3 is 2.59 bits per heavy atom. The van der Waals surface area contributed by atoms with Gasteiger partial charge in [0.2, 0.25) is 5.91 Å². The molecule has 2 rings (SSSR count).